The standard InChI is InChI=1S/C15H20N2O2/c1-9(2)11-6-12(10(3)5-13(11)18-4)14-8-17-15(7-16)19-14/h5-6,8-9H,7,16H2,1-4H3. The molecule has 0 bridgehead atoms. The van der Waals surface area contributed by atoms with Gasteiger partial charge in [-0.25, -0.2) is 4.98 Å². The van der Waals surface area contributed by atoms with Crippen LogP contribution in [-0.4, -0.2) is 12.1 Å². The molecule has 0 amide bonds. The fourth-order valence-electron chi connectivity index (χ4n) is 2.12. The molecule has 19 heavy (non-hydrogen) atoms. The van der Waals surface area contributed by atoms with Crippen molar-refractivity contribution in [3.63, 3.8) is 0 Å². The second-order valence-corrected chi connectivity index (χ2v) is 4.89. The van der Waals surface area contributed by atoms with Gasteiger partial charge in [-0.3, -0.25) is 0 Å². The minimum absolute atomic E-state index is 0.312. The first-order valence-electron chi connectivity index (χ1n) is 6.40. The van der Waals surface area contributed by atoms with E-state index in [0.29, 0.717) is 18.4 Å². The van der Waals surface area contributed by atoms with E-state index in [-0.39, 0.29) is 0 Å². The van der Waals surface area contributed by atoms with E-state index < -0.39 is 0 Å². The largest absolute Gasteiger partial charge is 0.496 e. The highest BCUT2D eigenvalue weighted by molar-refractivity contribution is 5.65. The number of hydrogen-bond donors (Lipinski definition) is 1. The van der Waals surface area contributed by atoms with Gasteiger partial charge in [-0.2, -0.15) is 0 Å². The maximum absolute atomic E-state index is 5.63. The molecule has 1 heterocycles. The molecule has 0 unspecified atom stereocenters. The Bertz CT molecular complexity index is 574. The summed E-state index contributed by atoms with van der Waals surface area (Å²) < 4.78 is 11.1. The zero-order valence-corrected chi connectivity index (χ0v) is 11.9. The van der Waals surface area contributed by atoms with Crippen LogP contribution in [0, 0.1) is 6.92 Å². The van der Waals surface area contributed by atoms with Gasteiger partial charge < -0.3 is 14.9 Å². The molecule has 0 aliphatic rings. The summed E-state index contributed by atoms with van der Waals surface area (Å²) in [5.74, 6) is 2.60. The molecule has 0 saturated carbocycles. The van der Waals surface area contributed by atoms with Crippen LogP contribution in [0.5, 0.6) is 5.75 Å². The van der Waals surface area contributed by atoms with E-state index in [1.165, 1.54) is 0 Å². The molecule has 2 aromatic rings. The molecule has 0 aliphatic carbocycles. The van der Waals surface area contributed by atoms with Crippen LogP contribution in [0.1, 0.15) is 36.8 Å². The van der Waals surface area contributed by atoms with E-state index in [0.717, 1.165) is 28.2 Å². The zero-order valence-electron chi connectivity index (χ0n) is 11.9. The molecule has 0 atom stereocenters. The van der Waals surface area contributed by atoms with Crippen molar-refractivity contribution in [2.24, 2.45) is 5.73 Å². The maximum Gasteiger partial charge on any atom is 0.208 e. The number of hydrogen-bond acceptors (Lipinski definition) is 4. The molecule has 4 nitrogen and oxygen atoms in total. The average Bonchev–Trinajstić information content (AvgIpc) is 2.86. The number of benzene rings is 1. The maximum atomic E-state index is 5.63. The Hall–Kier alpha value is -1.81. The lowest BCUT2D eigenvalue weighted by Crippen LogP contribution is -1.97. The highest BCUT2D eigenvalue weighted by Gasteiger charge is 2.14. The number of oxazole rings is 1. The topological polar surface area (TPSA) is 61.3 Å². The summed E-state index contributed by atoms with van der Waals surface area (Å²) in [5.41, 5.74) is 8.82. The van der Waals surface area contributed by atoms with Crippen molar-refractivity contribution in [3.8, 4) is 17.1 Å². The first kappa shape index (κ1) is 13.6. The SMILES string of the molecule is COc1cc(C)c(-c2cnc(CN)o2)cc1C(C)C. The fourth-order valence-corrected chi connectivity index (χ4v) is 2.12. The first-order valence-corrected chi connectivity index (χ1v) is 6.40. The molecule has 102 valence electrons. The summed E-state index contributed by atoms with van der Waals surface area (Å²) >= 11 is 0. The van der Waals surface area contributed by atoms with Crippen LogP contribution < -0.4 is 10.5 Å². The molecular formula is C15H20N2O2. The first-order chi connectivity index (χ1) is 9.06. The van der Waals surface area contributed by atoms with Crippen LogP contribution in [0.25, 0.3) is 11.3 Å². The molecule has 1 aromatic heterocycles. The van der Waals surface area contributed by atoms with E-state index in [2.05, 4.69) is 24.9 Å². The predicted molar refractivity (Wildman–Crippen MR) is 75.2 cm³/mol. The Labute approximate surface area is 113 Å². The van der Waals surface area contributed by atoms with Crippen molar-refractivity contribution in [1.29, 1.82) is 0 Å². The predicted octanol–water partition coefficient (Wildman–Crippen LogP) is 3.24. The molecule has 1 aromatic carbocycles. The second-order valence-electron chi connectivity index (χ2n) is 4.89. The van der Waals surface area contributed by atoms with E-state index in [4.69, 9.17) is 14.9 Å². The molecule has 0 saturated heterocycles. The van der Waals surface area contributed by atoms with Crippen molar-refractivity contribution >= 4 is 0 Å². The molecule has 2 N–H and O–H groups in total. The zero-order chi connectivity index (χ0) is 14.0. The van der Waals surface area contributed by atoms with Gasteiger partial charge >= 0.3 is 0 Å². The lowest BCUT2D eigenvalue weighted by Gasteiger charge is -2.15. The van der Waals surface area contributed by atoms with Gasteiger partial charge in [-0.05, 0) is 36.1 Å². The average molecular weight is 260 g/mol. The van der Waals surface area contributed by atoms with Gasteiger partial charge in [-0.15, -0.1) is 0 Å². The summed E-state index contributed by atoms with van der Waals surface area (Å²) in [7, 11) is 1.70. The van der Waals surface area contributed by atoms with Gasteiger partial charge in [0.15, 0.2) is 5.76 Å². The molecule has 0 spiro atoms. The van der Waals surface area contributed by atoms with Crippen molar-refractivity contribution in [2.75, 3.05) is 7.11 Å². The van der Waals surface area contributed by atoms with Gasteiger partial charge in [0.05, 0.1) is 19.9 Å². The van der Waals surface area contributed by atoms with Crippen molar-refractivity contribution in [3.05, 3.63) is 35.3 Å². The third-order valence-electron chi connectivity index (χ3n) is 3.19. The van der Waals surface area contributed by atoms with Gasteiger partial charge in [0.25, 0.3) is 0 Å². The molecule has 0 fully saturated rings. The number of nitrogens with two attached hydrogens (primary N) is 1. The van der Waals surface area contributed by atoms with Gasteiger partial charge in [0.2, 0.25) is 5.89 Å². The number of methoxy groups -OCH3 is 1. The molecule has 4 heteroatoms. The Morgan fingerprint density at radius 2 is 2.11 bits per heavy atom. The van der Waals surface area contributed by atoms with E-state index >= 15 is 0 Å². The van der Waals surface area contributed by atoms with Gasteiger partial charge in [-0.1, -0.05) is 13.8 Å². The van der Waals surface area contributed by atoms with E-state index in [1.807, 2.05) is 13.0 Å². The highest BCUT2D eigenvalue weighted by Crippen LogP contribution is 2.34. The van der Waals surface area contributed by atoms with Crippen molar-refractivity contribution < 1.29 is 9.15 Å². The summed E-state index contributed by atoms with van der Waals surface area (Å²) in [6.45, 7) is 6.63. The van der Waals surface area contributed by atoms with Crippen molar-refractivity contribution in [2.45, 2.75) is 33.2 Å². The highest BCUT2D eigenvalue weighted by atomic mass is 16.5. The van der Waals surface area contributed by atoms with Crippen LogP contribution in [-0.2, 0) is 6.54 Å². The normalized spacial score (nSPS) is 11.1. The number of aryl methyl sites for hydroxylation is 1. The molecule has 0 aliphatic heterocycles. The second kappa shape index (κ2) is 5.45. The number of ether oxygens (including phenoxy) is 1. The molecular weight excluding hydrogens is 240 g/mol. The van der Waals surface area contributed by atoms with Gasteiger partial charge in [0.1, 0.15) is 5.75 Å². The van der Waals surface area contributed by atoms with E-state index in [1.54, 1.807) is 13.3 Å². The van der Waals surface area contributed by atoms with Crippen LogP contribution in [0.4, 0.5) is 0 Å². The van der Waals surface area contributed by atoms with Crippen molar-refractivity contribution in [1.82, 2.24) is 4.98 Å². The fraction of sp³-hybridized carbons (Fsp3) is 0.400. The third kappa shape index (κ3) is 2.63. The number of nitrogens with zero attached hydrogens (tertiary/aromatic N) is 1. The Morgan fingerprint density at radius 3 is 2.63 bits per heavy atom. The minimum atomic E-state index is 0.312. The van der Waals surface area contributed by atoms with Gasteiger partial charge in [0, 0.05) is 5.56 Å². The molecule has 0 radical (unpaired) electrons. The lowest BCUT2D eigenvalue weighted by molar-refractivity contribution is 0.407. The van der Waals surface area contributed by atoms with Crippen LogP contribution >= 0.6 is 0 Å². The lowest BCUT2D eigenvalue weighted by atomic mass is 9.95. The molecule has 2 rings (SSSR count). The summed E-state index contributed by atoms with van der Waals surface area (Å²) in [4.78, 5) is 4.15. The van der Waals surface area contributed by atoms with Crippen LogP contribution in [0.2, 0.25) is 0 Å². The third-order valence-corrected chi connectivity index (χ3v) is 3.19. The Morgan fingerprint density at radius 1 is 1.37 bits per heavy atom. The summed E-state index contributed by atoms with van der Waals surface area (Å²) in [5, 5.41) is 0. The monoisotopic (exact) mass is 260 g/mol. The smallest absolute Gasteiger partial charge is 0.208 e. The summed E-state index contributed by atoms with van der Waals surface area (Å²) in [6.07, 6.45) is 1.72. The van der Waals surface area contributed by atoms with E-state index in [9.17, 15) is 0 Å². The number of rotatable bonds is 4. The Kier molecular flexibility index (Phi) is 3.90. The number of aromatic nitrogens is 1. The Balaban J connectivity index is 2.54. The minimum Gasteiger partial charge on any atom is -0.496 e. The quantitative estimate of drug-likeness (QED) is 0.916. The summed E-state index contributed by atoms with van der Waals surface area (Å²) in [6, 6.07) is 4.15. The van der Waals surface area contributed by atoms with Crippen LogP contribution in [0.15, 0.2) is 22.7 Å². The van der Waals surface area contributed by atoms with Crippen LogP contribution in [0.3, 0.4) is 0 Å².